The van der Waals surface area contributed by atoms with E-state index >= 15 is 0 Å². The molecule has 3 amide bonds. The molecule has 0 aliphatic carbocycles. The molecule has 3 saturated heterocycles. The molecule has 6 atom stereocenters. The van der Waals surface area contributed by atoms with Crippen molar-refractivity contribution >= 4 is 34.7 Å². The topological polar surface area (TPSA) is 156 Å². The highest BCUT2D eigenvalue weighted by atomic mass is 16.5. The highest BCUT2D eigenvalue weighted by Crippen LogP contribution is 2.58. The zero-order valence-electron chi connectivity index (χ0n) is 28.8. The van der Waals surface area contributed by atoms with E-state index in [2.05, 4.69) is 28.8 Å². The summed E-state index contributed by atoms with van der Waals surface area (Å²) in [6, 6.07) is 15.1. The van der Waals surface area contributed by atoms with E-state index in [1.54, 1.807) is 26.6 Å². The van der Waals surface area contributed by atoms with Crippen LogP contribution in [0.2, 0.25) is 0 Å². The number of nitrogens with zero attached hydrogens (tertiary/aromatic N) is 5. The van der Waals surface area contributed by atoms with Gasteiger partial charge in [0.05, 0.1) is 29.5 Å². The lowest BCUT2D eigenvalue weighted by molar-refractivity contribution is -0.149. The standard InChI is InChI=1S/C38H46N6O7/c1-3-5-18-31(46)50-24-28(26-14-8-6-9-15-26)39-35(47)32-30-19-20-38(51-30)33(32)36(48)43(22-12-7-13-23-45)34(38)37(49)42(21-4-2)25-44-29-17-11-10-16-27(29)40-41-44/h3-4,6,8-11,14-17,28,30,32-34,45H,1-2,5,7,12-13,18-25H2,(H,39,47)/t28-,30+,32-,33-,34+,38-/m1/s1. The second-order valence-electron chi connectivity index (χ2n) is 13.4. The molecule has 1 spiro atoms. The Kier molecular flexibility index (Phi) is 11.3. The summed E-state index contributed by atoms with van der Waals surface area (Å²) in [5.74, 6) is -3.13. The van der Waals surface area contributed by atoms with Crippen LogP contribution in [-0.4, -0.2) is 97.6 Å². The molecule has 3 aromatic rings. The summed E-state index contributed by atoms with van der Waals surface area (Å²) in [6.07, 6.45) is 6.11. The fourth-order valence-corrected chi connectivity index (χ4v) is 7.92. The lowest BCUT2D eigenvalue weighted by Gasteiger charge is -2.36. The number of para-hydroxylation sites is 1. The lowest BCUT2D eigenvalue weighted by Crippen LogP contribution is -2.56. The van der Waals surface area contributed by atoms with Crippen molar-refractivity contribution in [1.29, 1.82) is 0 Å². The first-order valence-electron chi connectivity index (χ1n) is 17.7. The largest absolute Gasteiger partial charge is 0.463 e. The number of allylic oxidation sites excluding steroid dienone is 1. The fraction of sp³-hybridized carbons (Fsp3) is 0.474. The van der Waals surface area contributed by atoms with Gasteiger partial charge in [-0.15, -0.1) is 18.3 Å². The summed E-state index contributed by atoms with van der Waals surface area (Å²) in [6.45, 7) is 8.02. The molecule has 2 bridgehead atoms. The molecular weight excluding hydrogens is 652 g/mol. The third-order valence-corrected chi connectivity index (χ3v) is 10.3. The van der Waals surface area contributed by atoms with Crippen LogP contribution < -0.4 is 5.32 Å². The molecule has 0 radical (unpaired) electrons. The molecule has 6 rings (SSSR count). The van der Waals surface area contributed by atoms with Crippen LogP contribution >= 0.6 is 0 Å². The number of esters is 1. The summed E-state index contributed by atoms with van der Waals surface area (Å²) in [7, 11) is 0. The Bertz CT molecular complexity index is 1750. The van der Waals surface area contributed by atoms with E-state index in [9.17, 15) is 24.3 Å². The summed E-state index contributed by atoms with van der Waals surface area (Å²) in [5.41, 5.74) is 0.989. The van der Waals surface area contributed by atoms with Crippen molar-refractivity contribution in [2.75, 3.05) is 26.3 Å². The number of hydrogen-bond acceptors (Lipinski definition) is 9. The molecule has 13 nitrogen and oxygen atoms in total. The Morgan fingerprint density at radius 3 is 2.65 bits per heavy atom. The number of likely N-dealkylation sites (tertiary alicyclic amines) is 1. The predicted molar refractivity (Wildman–Crippen MR) is 187 cm³/mol. The van der Waals surface area contributed by atoms with E-state index in [4.69, 9.17) is 9.47 Å². The number of carbonyl (C=O) groups is 4. The highest BCUT2D eigenvalue weighted by Gasteiger charge is 2.74. The maximum absolute atomic E-state index is 14.8. The number of benzene rings is 2. The predicted octanol–water partition coefficient (Wildman–Crippen LogP) is 3.31. The van der Waals surface area contributed by atoms with Crippen molar-refractivity contribution in [2.45, 2.75) is 75.4 Å². The molecule has 3 aliphatic rings. The van der Waals surface area contributed by atoms with E-state index in [0.717, 1.165) is 11.1 Å². The number of unbranched alkanes of at least 4 members (excludes halogenated alkanes) is 2. The van der Waals surface area contributed by atoms with E-state index in [1.165, 1.54) is 0 Å². The second kappa shape index (κ2) is 16.0. The molecule has 1 aromatic heterocycles. The van der Waals surface area contributed by atoms with Gasteiger partial charge in [0.1, 0.15) is 30.4 Å². The highest BCUT2D eigenvalue weighted by molar-refractivity contribution is 5.99. The first kappa shape index (κ1) is 35.9. The fourth-order valence-electron chi connectivity index (χ4n) is 7.92. The van der Waals surface area contributed by atoms with Gasteiger partial charge in [-0.2, -0.15) is 0 Å². The molecule has 2 N–H and O–H groups in total. The number of rotatable bonds is 18. The summed E-state index contributed by atoms with van der Waals surface area (Å²) >= 11 is 0. The second-order valence-corrected chi connectivity index (χ2v) is 13.4. The van der Waals surface area contributed by atoms with Crippen molar-refractivity contribution in [3.05, 3.63) is 85.5 Å². The number of aliphatic hydroxyl groups is 1. The molecular formula is C38H46N6O7. The number of aliphatic hydroxyl groups excluding tert-OH is 1. The van der Waals surface area contributed by atoms with Gasteiger partial charge in [0.2, 0.25) is 17.7 Å². The zero-order chi connectivity index (χ0) is 36.0. The first-order valence-corrected chi connectivity index (χ1v) is 17.7. The van der Waals surface area contributed by atoms with Gasteiger partial charge in [-0.1, -0.05) is 59.8 Å². The van der Waals surface area contributed by atoms with Crippen molar-refractivity contribution in [3.63, 3.8) is 0 Å². The van der Waals surface area contributed by atoms with Gasteiger partial charge in [0, 0.05) is 26.1 Å². The molecule has 51 heavy (non-hydrogen) atoms. The van der Waals surface area contributed by atoms with Crippen LogP contribution in [0, 0.1) is 11.8 Å². The Balaban J connectivity index is 1.28. The van der Waals surface area contributed by atoms with E-state index in [1.807, 2.05) is 54.6 Å². The molecule has 0 unspecified atom stereocenters. The number of amides is 3. The van der Waals surface area contributed by atoms with Gasteiger partial charge in [0.25, 0.3) is 0 Å². The third kappa shape index (κ3) is 7.18. The van der Waals surface area contributed by atoms with Gasteiger partial charge in [0.15, 0.2) is 0 Å². The van der Waals surface area contributed by atoms with Crippen LogP contribution in [0.15, 0.2) is 79.9 Å². The monoisotopic (exact) mass is 698 g/mol. The molecule has 0 saturated carbocycles. The summed E-state index contributed by atoms with van der Waals surface area (Å²) in [5, 5.41) is 21.0. The Labute approximate surface area is 297 Å². The minimum atomic E-state index is -1.21. The Morgan fingerprint density at radius 2 is 1.88 bits per heavy atom. The van der Waals surface area contributed by atoms with Crippen molar-refractivity contribution in [3.8, 4) is 0 Å². The van der Waals surface area contributed by atoms with E-state index in [-0.39, 0.29) is 57.1 Å². The molecule has 3 aliphatic heterocycles. The number of ether oxygens (including phenoxy) is 2. The minimum Gasteiger partial charge on any atom is -0.463 e. The Morgan fingerprint density at radius 1 is 1.10 bits per heavy atom. The average Bonchev–Trinajstić information content (AvgIpc) is 3.90. The van der Waals surface area contributed by atoms with Gasteiger partial charge < -0.3 is 29.7 Å². The maximum Gasteiger partial charge on any atom is 0.306 e. The SMILES string of the molecule is C=CCCC(=O)OC[C@@H](NC(=O)[C@@H]1[C@@H]2CC[C@]3(O2)[C@H](C(=O)N(CC=C)Cn2nnc4ccccc42)N(CCCCCO)C(=O)[C@@H]13)c1ccccc1. The number of aromatic nitrogens is 3. The molecule has 3 fully saturated rings. The minimum absolute atomic E-state index is 0.0288. The zero-order valence-corrected chi connectivity index (χ0v) is 28.8. The number of fused-ring (bicyclic) bond motifs is 2. The number of carbonyl (C=O) groups excluding carboxylic acids is 4. The van der Waals surface area contributed by atoms with E-state index in [0.29, 0.717) is 44.0 Å². The van der Waals surface area contributed by atoms with Gasteiger partial charge in [-0.3, -0.25) is 19.2 Å². The van der Waals surface area contributed by atoms with Gasteiger partial charge >= 0.3 is 5.97 Å². The first-order chi connectivity index (χ1) is 24.8. The van der Waals surface area contributed by atoms with Crippen LogP contribution in [0.25, 0.3) is 11.0 Å². The molecule has 270 valence electrons. The quantitative estimate of drug-likeness (QED) is 0.116. The average molecular weight is 699 g/mol. The van der Waals surface area contributed by atoms with Gasteiger partial charge in [-0.05, 0) is 56.2 Å². The summed E-state index contributed by atoms with van der Waals surface area (Å²) < 4.78 is 13.9. The smallest absolute Gasteiger partial charge is 0.306 e. The Hall–Kier alpha value is -4.88. The third-order valence-electron chi connectivity index (χ3n) is 10.3. The number of nitrogens with one attached hydrogen (secondary N) is 1. The van der Waals surface area contributed by atoms with Crippen LogP contribution in [0.1, 0.15) is 56.6 Å². The molecule has 4 heterocycles. The lowest BCUT2D eigenvalue weighted by atomic mass is 9.70. The normalized spacial score (nSPS) is 23.9. The van der Waals surface area contributed by atoms with Crippen LogP contribution in [0.3, 0.4) is 0 Å². The molecule has 2 aromatic carbocycles. The number of hydrogen-bond donors (Lipinski definition) is 2. The van der Waals surface area contributed by atoms with Gasteiger partial charge in [-0.25, -0.2) is 4.68 Å². The van der Waals surface area contributed by atoms with Crippen molar-refractivity contribution < 1.29 is 33.8 Å². The molecule has 13 heteroatoms. The van der Waals surface area contributed by atoms with Crippen LogP contribution in [0.4, 0.5) is 0 Å². The van der Waals surface area contributed by atoms with Crippen molar-refractivity contribution in [1.82, 2.24) is 30.1 Å². The summed E-state index contributed by atoms with van der Waals surface area (Å²) in [4.78, 5) is 59.2. The van der Waals surface area contributed by atoms with Crippen molar-refractivity contribution in [2.24, 2.45) is 11.8 Å². The van der Waals surface area contributed by atoms with Crippen LogP contribution in [-0.2, 0) is 35.3 Å². The maximum atomic E-state index is 14.8. The van der Waals surface area contributed by atoms with E-state index < -0.39 is 41.6 Å². The van der Waals surface area contributed by atoms with Crippen LogP contribution in [0.5, 0.6) is 0 Å².